The first-order chi connectivity index (χ1) is 11.8. The van der Waals surface area contributed by atoms with E-state index in [0.29, 0.717) is 0 Å². The van der Waals surface area contributed by atoms with Crippen LogP contribution in [0.3, 0.4) is 0 Å². The normalized spacial score (nSPS) is 11.8. The number of rotatable bonds is 3. The fourth-order valence-corrected chi connectivity index (χ4v) is 2.69. The van der Waals surface area contributed by atoms with Crippen LogP contribution in [0.1, 0.15) is 5.56 Å². The molecule has 5 nitrogen and oxygen atoms in total. The third-order valence-corrected chi connectivity index (χ3v) is 3.81. The number of benzene rings is 1. The molecule has 0 aliphatic heterocycles. The zero-order valence-electron chi connectivity index (χ0n) is 12.6. The minimum Gasteiger partial charge on any atom is -0.268 e. The van der Waals surface area contributed by atoms with E-state index in [1.807, 2.05) is 0 Å². The van der Waals surface area contributed by atoms with Gasteiger partial charge in [0.15, 0.2) is 5.65 Å². The van der Waals surface area contributed by atoms with Crippen LogP contribution in [0.5, 0.6) is 0 Å². The predicted molar refractivity (Wildman–Crippen MR) is 87.3 cm³/mol. The summed E-state index contributed by atoms with van der Waals surface area (Å²) in [5.41, 5.74) is -2.33. The van der Waals surface area contributed by atoms with Crippen LogP contribution >= 0.6 is 11.6 Å². The van der Waals surface area contributed by atoms with Gasteiger partial charge in [-0.05, 0) is 30.3 Å². The smallest absolute Gasteiger partial charge is 0.268 e. The van der Waals surface area contributed by atoms with Crippen molar-refractivity contribution in [2.24, 2.45) is 0 Å². The molecular weight excluding hydrogens is 359 g/mol. The average Bonchev–Trinajstić information content (AvgIpc) is 2.58. The molecule has 3 rings (SSSR count). The fraction of sp³-hybridized carbons (Fsp3) is 0.188. The molecule has 0 saturated carbocycles. The molecule has 130 valence electrons. The summed E-state index contributed by atoms with van der Waals surface area (Å²) in [6.45, 7) is -0.0665. The van der Waals surface area contributed by atoms with Gasteiger partial charge in [0.2, 0.25) is 0 Å². The molecule has 2 heterocycles. The molecule has 2 aromatic heterocycles. The molecule has 25 heavy (non-hydrogen) atoms. The largest absolute Gasteiger partial charge is 0.416 e. The van der Waals surface area contributed by atoms with Crippen LogP contribution in [0.2, 0.25) is 0 Å². The van der Waals surface area contributed by atoms with Crippen LogP contribution in [-0.4, -0.2) is 20.0 Å². The Kier molecular flexibility index (Phi) is 4.38. The molecule has 1 aromatic carbocycles. The lowest BCUT2D eigenvalue weighted by molar-refractivity contribution is -0.137. The summed E-state index contributed by atoms with van der Waals surface area (Å²) < 4.78 is 40.8. The molecular formula is C16H11ClF3N3O2. The number of fused-ring (bicyclic) bond motifs is 1. The summed E-state index contributed by atoms with van der Waals surface area (Å²) in [5.74, 6) is 0.00348. The SMILES string of the molecule is O=c1c2cccnc2n(-c2cccc(C(F)(F)F)c2)c(=O)n1CCCl. The van der Waals surface area contributed by atoms with Gasteiger partial charge in [-0.2, -0.15) is 13.2 Å². The number of hydrogen-bond acceptors (Lipinski definition) is 3. The van der Waals surface area contributed by atoms with Gasteiger partial charge in [0.05, 0.1) is 16.6 Å². The van der Waals surface area contributed by atoms with Crippen LogP contribution in [0, 0.1) is 0 Å². The lowest BCUT2D eigenvalue weighted by Gasteiger charge is -2.14. The van der Waals surface area contributed by atoms with Crippen molar-refractivity contribution in [2.75, 3.05) is 5.88 Å². The Balaban J connectivity index is 2.41. The number of nitrogens with zero attached hydrogens (tertiary/aromatic N) is 3. The van der Waals surface area contributed by atoms with Crippen LogP contribution < -0.4 is 11.2 Å². The molecule has 0 spiro atoms. The summed E-state index contributed by atoms with van der Waals surface area (Å²) in [5, 5.41) is 0.115. The molecule has 0 fully saturated rings. The van der Waals surface area contributed by atoms with Crippen LogP contribution in [0.25, 0.3) is 16.7 Å². The lowest BCUT2D eigenvalue weighted by atomic mass is 10.2. The Morgan fingerprint density at radius 3 is 2.56 bits per heavy atom. The molecule has 0 aliphatic carbocycles. The van der Waals surface area contributed by atoms with E-state index in [0.717, 1.165) is 21.3 Å². The van der Waals surface area contributed by atoms with Gasteiger partial charge in [-0.25, -0.2) is 14.3 Å². The number of aromatic nitrogens is 3. The van der Waals surface area contributed by atoms with E-state index >= 15 is 0 Å². The second-order valence-corrected chi connectivity index (χ2v) is 5.56. The molecule has 0 saturated heterocycles. The highest BCUT2D eigenvalue weighted by atomic mass is 35.5. The maximum absolute atomic E-state index is 13.0. The standard InChI is InChI=1S/C16H11ClF3N3O2/c17-6-8-22-14(24)12-5-2-7-21-13(12)23(15(22)25)11-4-1-3-10(9-11)16(18,19)20/h1-5,7,9H,6,8H2. The highest BCUT2D eigenvalue weighted by Gasteiger charge is 2.30. The van der Waals surface area contributed by atoms with Crippen molar-refractivity contribution in [2.45, 2.75) is 12.7 Å². The predicted octanol–water partition coefficient (Wildman–Crippen LogP) is 2.81. The van der Waals surface area contributed by atoms with Crippen LogP contribution in [-0.2, 0) is 12.7 Å². The molecule has 0 aliphatic rings. The van der Waals surface area contributed by atoms with Gasteiger partial charge in [0.25, 0.3) is 5.56 Å². The van der Waals surface area contributed by atoms with Crippen molar-refractivity contribution in [3.8, 4) is 5.69 Å². The highest BCUT2D eigenvalue weighted by molar-refractivity contribution is 6.17. The fourth-order valence-electron chi connectivity index (χ4n) is 2.52. The van der Waals surface area contributed by atoms with E-state index in [1.54, 1.807) is 0 Å². The molecule has 0 radical (unpaired) electrons. The summed E-state index contributed by atoms with van der Waals surface area (Å²) in [6.07, 6.45) is -3.20. The first kappa shape index (κ1) is 17.2. The minimum absolute atomic E-state index is 0.00348. The Morgan fingerprint density at radius 2 is 1.88 bits per heavy atom. The zero-order chi connectivity index (χ0) is 18.2. The first-order valence-corrected chi connectivity index (χ1v) is 7.72. The second-order valence-electron chi connectivity index (χ2n) is 5.19. The van der Waals surface area contributed by atoms with E-state index in [-0.39, 0.29) is 29.1 Å². The summed E-state index contributed by atoms with van der Waals surface area (Å²) in [4.78, 5) is 29.1. The molecule has 0 unspecified atom stereocenters. The molecule has 9 heteroatoms. The maximum Gasteiger partial charge on any atom is 0.416 e. The molecule has 0 N–H and O–H groups in total. The van der Waals surface area contributed by atoms with E-state index in [9.17, 15) is 22.8 Å². The van der Waals surface area contributed by atoms with Crippen molar-refractivity contribution in [3.05, 3.63) is 69.0 Å². The van der Waals surface area contributed by atoms with Crippen molar-refractivity contribution >= 4 is 22.6 Å². The van der Waals surface area contributed by atoms with Gasteiger partial charge < -0.3 is 0 Å². The molecule has 0 bridgehead atoms. The monoisotopic (exact) mass is 369 g/mol. The summed E-state index contributed by atoms with van der Waals surface area (Å²) >= 11 is 5.64. The van der Waals surface area contributed by atoms with Gasteiger partial charge >= 0.3 is 11.9 Å². The lowest BCUT2D eigenvalue weighted by Crippen LogP contribution is -2.40. The van der Waals surface area contributed by atoms with E-state index in [2.05, 4.69) is 4.98 Å². The van der Waals surface area contributed by atoms with Crippen molar-refractivity contribution < 1.29 is 13.2 Å². The van der Waals surface area contributed by atoms with E-state index in [1.165, 1.54) is 30.5 Å². The Hall–Kier alpha value is -2.61. The zero-order valence-corrected chi connectivity index (χ0v) is 13.4. The number of pyridine rings is 1. The first-order valence-electron chi connectivity index (χ1n) is 7.19. The van der Waals surface area contributed by atoms with Crippen LogP contribution in [0.4, 0.5) is 13.2 Å². The second kappa shape index (κ2) is 6.36. The van der Waals surface area contributed by atoms with E-state index in [4.69, 9.17) is 11.6 Å². The third-order valence-electron chi connectivity index (χ3n) is 3.64. The summed E-state index contributed by atoms with van der Waals surface area (Å²) in [7, 11) is 0. The Labute approximate surface area is 143 Å². The van der Waals surface area contributed by atoms with Gasteiger partial charge in [-0.15, -0.1) is 11.6 Å². The summed E-state index contributed by atoms with van der Waals surface area (Å²) in [6, 6.07) is 7.25. The Bertz CT molecular complexity index is 1060. The molecule has 0 amide bonds. The highest BCUT2D eigenvalue weighted by Crippen LogP contribution is 2.30. The quantitative estimate of drug-likeness (QED) is 0.667. The van der Waals surface area contributed by atoms with Gasteiger partial charge in [-0.1, -0.05) is 6.07 Å². The van der Waals surface area contributed by atoms with Gasteiger partial charge in [-0.3, -0.25) is 9.36 Å². The van der Waals surface area contributed by atoms with E-state index < -0.39 is 23.0 Å². The Morgan fingerprint density at radius 1 is 1.12 bits per heavy atom. The maximum atomic E-state index is 13.0. The minimum atomic E-state index is -4.56. The molecule has 0 atom stereocenters. The number of hydrogen-bond donors (Lipinski definition) is 0. The van der Waals surface area contributed by atoms with Crippen LogP contribution in [0.15, 0.2) is 52.2 Å². The van der Waals surface area contributed by atoms with Gasteiger partial charge in [0.1, 0.15) is 0 Å². The third kappa shape index (κ3) is 3.05. The van der Waals surface area contributed by atoms with Crippen molar-refractivity contribution in [3.63, 3.8) is 0 Å². The molecule has 3 aromatic rings. The van der Waals surface area contributed by atoms with Gasteiger partial charge in [0, 0.05) is 18.6 Å². The van der Waals surface area contributed by atoms with Crippen molar-refractivity contribution in [1.29, 1.82) is 0 Å². The number of halogens is 4. The van der Waals surface area contributed by atoms with Crippen molar-refractivity contribution in [1.82, 2.24) is 14.1 Å². The average molecular weight is 370 g/mol. The number of alkyl halides is 4. The topological polar surface area (TPSA) is 56.9 Å².